The number of morpholine rings is 1. The fraction of sp³-hybridized carbons (Fsp3) is 0.733. The summed E-state index contributed by atoms with van der Waals surface area (Å²) in [5.41, 5.74) is 0.990. The Morgan fingerprint density at radius 1 is 1.25 bits per heavy atom. The molecule has 0 amide bonds. The second kappa shape index (κ2) is 6.99. The second-order valence-electron chi connectivity index (χ2n) is 6.07. The van der Waals surface area contributed by atoms with Crippen molar-refractivity contribution >= 4 is 5.82 Å². The third-order valence-electron chi connectivity index (χ3n) is 3.31. The van der Waals surface area contributed by atoms with Crippen LogP contribution < -0.4 is 10.2 Å². The lowest BCUT2D eigenvalue weighted by Gasteiger charge is -2.35. The highest BCUT2D eigenvalue weighted by Crippen LogP contribution is 2.17. The van der Waals surface area contributed by atoms with E-state index in [0.717, 1.165) is 37.7 Å². The van der Waals surface area contributed by atoms with E-state index in [9.17, 15) is 0 Å². The highest BCUT2D eigenvalue weighted by Gasteiger charge is 2.23. The molecule has 1 saturated heterocycles. The van der Waals surface area contributed by atoms with Crippen molar-refractivity contribution < 1.29 is 4.74 Å². The van der Waals surface area contributed by atoms with Gasteiger partial charge in [0, 0.05) is 19.6 Å². The largest absolute Gasteiger partial charge is 0.372 e. The average molecular weight is 278 g/mol. The first kappa shape index (κ1) is 15.2. The predicted octanol–water partition coefficient (Wildman–Crippen LogP) is 1.84. The molecule has 1 aliphatic rings. The van der Waals surface area contributed by atoms with Gasteiger partial charge in [-0.2, -0.15) is 5.10 Å². The van der Waals surface area contributed by atoms with Crippen LogP contribution in [0.25, 0.3) is 0 Å². The molecular formula is C15H26N4O. The molecule has 20 heavy (non-hydrogen) atoms. The molecule has 0 aliphatic carbocycles. The third-order valence-corrected chi connectivity index (χ3v) is 3.31. The number of aromatic nitrogens is 2. The van der Waals surface area contributed by atoms with Crippen molar-refractivity contribution in [1.29, 1.82) is 0 Å². The first-order valence-electron chi connectivity index (χ1n) is 7.48. The lowest BCUT2D eigenvalue weighted by Crippen LogP contribution is -2.45. The number of rotatable bonds is 5. The Labute approximate surface area is 121 Å². The number of ether oxygens (including phenoxy) is 1. The second-order valence-corrected chi connectivity index (χ2v) is 6.07. The highest BCUT2D eigenvalue weighted by molar-refractivity contribution is 5.38. The Morgan fingerprint density at radius 3 is 2.50 bits per heavy atom. The molecule has 0 aromatic carbocycles. The first-order chi connectivity index (χ1) is 9.54. The van der Waals surface area contributed by atoms with Gasteiger partial charge in [0.15, 0.2) is 5.82 Å². The van der Waals surface area contributed by atoms with Gasteiger partial charge in [-0.3, -0.25) is 0 Å². The lowest BCUT2D eigenvalue weighted by atomic mass is 10.2. The van der Waals surface area contributed by atoms with Crippen molar-refractivity contribution in [3.63, 3.8) is 0 Å². The maximum Gasteiger partial charge on any atom is 0.151 e. The van der Waals surface area contributed by atoms with Crippen LogP contribution in [0.5, 0.6) is 0 Å². The molecular weight excluding hydrogens is 252 g/mol. The van der Waals surface area contributed by atoms with Crippen LogP contribution in [0, 0.1) is 5.92 Å². The molecule has 1 N–H and O–H groups in total. The fourth-order valence-corrected chi connectivity index (χ4v) is 2.47. The molecule has 0 spiro atoms. The molecule has 2 rings (SSSR count). The van der Waals surface area contributed by atoms with Crippen molar-refractivity contribution in [1.82, 2.24) is 15.5 Å². The molecule has 1 fully saturated rings. The van der Waals surface area contributed by atoms with E-state index in [1.807, 2.05) is 0 Å². The number of nitrogens with zero attached hydrogens (tertiary/aromatic N) is 3. The van der Waals surface area contributed by atoms with Gasteiger partial charge in [0.25, 0.3) is 0 Å². The van der Waals surface area contributed by atoms with E-state index < -0.39 is 0 Å². The normalized spacial score (nSPS) is 23.4. The Bertz CT molecular complexity index is 397. The Balaban J connectivity index is 1.90. The highest BCUT2D eigenvalue weighted by atomic mass is 16.5. The molecule has 0 saturated carbocycles. The number of hydrogen-bond donors (Lipinski definition) is 1. The van der Waals surface area contributed by atoms with Crippen LogP contribution in [-0.4, -0.2) is 42.0 Å². The summed E-state index contributed by atoms with van der Waals surface area (Å²) >= 11 is 0. The van der Waals surface area contributed by atoms with Gasteiger partial charge in [0.2, 0.25) is 0 Å². The van der Waals surface area contributed by atoms with Crippen molar-refractivity contribution in [3.8, 4) is 0 Å². The molecule has 2 heterocycles. The van der Waals surface area contributed by atoms with Crippen LogP contribution in [0.2, 0.25) is 0 Å². The zero-order valence-electron chi connectivity index (χ0n) is 13.0. The summed E-state index contributed by atoms with van der Waals surface area (Å²) in [6.07, 6.45) is 0.487. The van der Waals surface area contributed by atoms with Gasteiger partial charge in [-0.25, -0.2) is 0 Å². The SMILES string of the molecule is CC(C)CNCc1ccc(N2CC(C)OC(C)C2)nn1. The predicted molar refractivity (Wildman–Crippen MR) is 80.8 cm³/mol. The van der Waals surface area contributed by atoms with E-state index in [-0.39, 0.29) is 12.2 Å². The molecule has 2 atom stereocenters. The smallest absolute Gasteiger partial charge is 0.151 e. The summed E-state index contributed by atoms with van der Waals surface area (Å²) in [5, 5.41) is 12.0. The zero-order valence-corrected chi connectivity index (χ0v) is 13.0. The van der Waals surface area contributed by atoms with Crippen LogP contribution in [0.1, 0.15) is 33.4 Å². The van der Waals surface area contributed by atoms with E-state index in [2.05, 4.69) is 60.2 Å². The minimum absolute atomic E-state index is 0.243. The van der Waals surface area contributed by atoms with Gasteiger partial charge < -0.3 is 15.0 Å². The Morgan fingerprint density at radius 2 is 1.95 bits per heavy atom. The summed E-state index contributed by atoms with van der Waals surface area (Å²) in [7, 11) is 0. The quantitative estimate of drug-likeness (QED) is 0.890. The molecule has 1 aromatic rings. The summed E-state index contributed by atoms with van der Waals surface area (Å²) in [5.74, 6) is 1.60. The van der Waals surface area contributed by atoms with E-state index in [4.69, 9.17) is 4.74 Å². The summed E-state index contributed by atoms with van der Waals surface area (Å²) < 4.78 is 5.74. The van der Waals surface area contributed by atoms with E-state index in [1.165, 1.54) is 0 Å². The molecule has 5 nitrogen and oxygen atoms in total. The van der Waals surface area contributed by atoms with E-state index in [1.54, 1.807) is 0 Å². The van der Waals surface area contributed by atoms with Crippen molar-refractivity contribution in [3.05, 3.63) is 17.8 Å². The van der Waals surface area contributed by atoms with Gasteiger partial charge in [-0.05, 0) is 38.4 Å². The molecule has 0 bridgehead atoms. The summed E-state index contributed by atoms with van der Waals surface area (Å²) in [4.78, 5) is 2.25. The molecule has 1 aromatic heterocycles. The van der Waals surface area contributed by atoms with Gasteiger partial charge in [0.1, 0.15) is 0 Å². The monoisotopic (exact) mass is 278 g/mol. The maximum atomic E-state index is 5.74. The van der Waals surface area contributed by atoms with E-state index >= 15 is 0 Å². The number of anilines is 1. The Hall–Kier alpha value is -1.20. The van der Waals surface area contributed by atoms with Crippen LogP contribution >= 0.6 is 0 Å². The van der Waals surface area contributed by atoms with Crippen molar-refractivity contribution in [2.45, 2.75) is 46.4 Å². The standard InChI is InChI=1S/C15H26N4O/c1-11(2)7-16-8-14-5-6-15(18-17-14)19-9-12(3)20-13(4)10-19/h5-6,11-13,16H,7-10H2,1-4H3. The first-order valence-corrected chi connectivity index (χ1v) is 7.48. The minimum Gasteiger partial charge on any atom is -0.372 e. The van der Waals surface area contributed by atoms with Gasteiger partial charge in [-0.15, -0.1) is 5.10 Å². The number of nitrogens with one attached hydrogen (secondary N) is 1. The maximum absolute atomic E-state index is 5.74. The number of hydrogen-bond acceptors (Lipinski definition) is 5. The van der Waals surface area contributed by atoms with Crippen LogP contribution in [-0.2, 0) is 11.3 Å². The average Bonchev–Trinajstić information content (AvgIpc) is 2.38. The minimum atomic E-state index is 0.243. The molecule has 0 radical (unpaired) electrons. The summed E-state index contributed by atoms with van der Waals surface area (Å²) in [6, 6.07) is 4.12. The van der Waals surface area contributed by atoms with Crippen molar-refractivity contribution in [2.75, 3.05) is 24.5 Å². The van der Waals surface area contributed by atoms with Gasteiger partial charge in [-0.1, -0.05) is 13.8 Å². The lowest BCUT2D eigenvalue weighted by molar-refractivity contribution is -0.00550. The van der Waals surface area contributed by atoms with Crippen LogP contribution in [0.15, 0.2) is 12.1 Å². The topological polar surface area (TPSA) is 50.3 Å². The van der Waals surface area contributed by atoms with Gasteiger partial charge in [0.05, 0.1) is 17.9 Å². The summed E-state index contributed by atoms with van der Waals surface area (Å²) in [6.45, 7) is 12.1. The molecule has 2 unspecified atom stereocenters. The zero-order chi connectivity index (χ0) is 14.5. The van der Waals surface area contributed by atoms with Crippen LogP contribution in [0.3, 0.4) is 0 Å². The Kier molecular flexibility index (Phi) is 5.31. The molecule has 112 valence electrons. The molecule has 5 heteroatoms. The molecule has 1 aliphatic heterocycles. The van der Waals surface area contributed by atoms with E-state index in [0.29, 0.717) is 5.92 Å². The third kappa shape index (κ3) is 4.42. The fourth-order valence-electron chi connectivity index (χ4n) is 2.47. The van der Waals surface area contributed by atoms with Crippen LogP contribution in [0.4, 0.5) is 5.82 Å². The van der Waals surface area contributed by atoms with Gasteiger partial charge >= 0.3 is 0 Å². The van der Waals surface area contributed by atoms with Crippen molar-refractivity contribution in [2.24, 2.45) is 5.92 Å².